The smallest absolute Gasteiger partial charge is 0.407 e. The van der Waals surface area contributed by atoms with Crippen LogP contribution in [0, 0.1) is 0 Å². The number of alkyl carbamates (subject to hydrolysis) is 1. The first kappa shape index (κ1) is 15.4. The third-order valence-electron chi connectivity index (χ3n) is 3.16. The number of amides is 1. The van der Waals surface area contributed by atoms with Gasteiger partial charge in [-0.2, -0.15) is 0 Å². The van der Waals surface area contributed by atoms with Gasteiger partial charge in [0.15, 0.2) is 17.6 Å². The van der Waals surface area contributed by atoms with Crippen LogP contribution in [0.2, 0.25) is 0 Å². The predicted molar refractivity (Wildman–Crippen MR) is 78.8 cm³/mol. The highest BCUT2D eigenvalue weighted by molar-refractivity contribution is 5.69. The van der Waals surface area contributed by atoms with E-state index in [1.54, 1.807) is 7.11 Å². The average Bonchev–Trinajstić information content (AvgIpc) is 2.91. The molecule has 0 saturated carbocycles. The molecule has 0 aromatic heterocycles. The lowest BCUT2D eigenvalue weighted by Crippen LogP contribution is -2.22. The van der Waals surface area contributed by atoms with Gasteiger partial charge in [-0.15, -0.1) is 0 Å². The zero-order chi connectivity index (χ0) is 15.1. The Morgan fingerprint density at radius 3 is 2.95 bits per heavy atom. The molecule has 2 N–H and O–H groups in total. The Bertz CT molecular complexity index is 479. The van der Waals surface area contributed by atoms with E-state index in [-0.39, 0.29) is 6.10 Å². The molecule has 1 aromatic carbocycles. The van der Waals surface area contributed by atoms with Gasteiger partial charge in [-0.05, 0) is 30.7 Å². The van der Waals surface area contributed by atoms with Crippen LogP contribution in [0.4, 0.5) is 4.79 Å². The number of rotatable bonds is 8. The lowest BCUT2D eigenvalue weighted by atomic mass is 10.2. The summed E-state index contributed by atoms with van der Waals surface area (Å²) in [7, 11) is 1.61. The van der Waals surface area contributed by atoms with Crippen LogP contribution in [0.5, 0.6) is 11.5 Å². The number of hydrogen-bond acceptors (Lipinski definition) is 5. The third kappa shape index (κ3) is 4.53. The Morgan fingerprint density at radius 1 is 1.43 bits per heavy atom. The van der Waals surface area contributed by atoms with Gasteiger partial charge < -0.3 is 24.8 Å². The van der Waals surface area contributed by atoms with Crippen LogP contribution in [-0.4, -0.2) is 39.0 Å². The van der Waals surface area contributed by atoms with Gasteiger partial charge in [0.25, 0.3) is 0 Å². The van der Waals surface area contributed by atoms with Gasteiger partial charge in [0.1, 0.15) is 6.61 Å². The fourth-order valence-corrected chi connectivity index (χ4v) is 2.06. The molecule has 1 aliphatic heterocycles. The van der Waals surface area contributed by atoms with Gasteiger partial charge in [0.05, 0.1) is 13.7 Å². The van der Waals surface area contributed by atoms with Crippen LogP contribution in [0.1, 0.15) is 18.9 Å². The normalized spacial score (nSPS) is 17.2. The van der Waals surface area contributed by atoms with E-state index in [0.717, 1.165) is 25.1 Å². The van der Waals surface area contributed by atoms with Gasteiger partial charge >= 0.3 is 6.09 Å². The predicted octanol–water partition coefficient (Wildman–Crippen LogP) is 1.68. The van der Waals surface area contributed by atoms with Gasteiger partial charge in [0.2, 0.25) is 0 Å². The van der Waals surface area contributed by atoms with Crippen LogP contribution in [0.3, 0.4) is 0 Å². The van der Waals surface area contributed by atoms with Gasteiger partial charge in [-0.3, -0.25) is 0 Å². The van der Waals surface area contributed by atoms with Crippen LogP contribution in [0.25, 0.3) is 0 Å². The lowest BCUT2D eigenvalue weighted by Gasteiger charge is -2.14. The maximum Gasteiger partial charge on any atom is 0.407 e. The van der Waals surface area contributed by atoms with E-state index in [1.165, 1.54) is 0 Å². The Labute approximate surface area is 124 Å². The summed E-state index contributed by atoms with van der Waals surface area (Å²) in [6.45, 7) is 4.70. The first-order chi connectivity index (χ1) is 10.2. The quantitative estimate of drug-likeness (QED) is 0.714. The molecular weight excluding hydrogens is 272 g/mol. The van der Waals surface area contributed by atoms with E-state index in [9.17, 15) is 4.79 Å². The maximum absolute atomic E-state index is 10.9. The second kappa shape index (κ2) is 7.73. The second-order valence-electron chi connectivity index (χ2n) is 4.88. The number of nitrogens with one attached hydrogen (secondary N) is 2. The maximum atomic E-state index is 10.9. The van der Waals surface area contributed by atoms with Crippen molar-refractivity contribution in [3.05, 3.63) is 23.8 Å². The summed E-state index contributed by atoms with van der Waals surface area (Å²) in [5.74, 6) is 1.34. The van der Waals surface area contributed by atoms with E-state index >= 15 is 0 Å². The number of carbonyl (C=O) groups is 1. The fraction of sp³-hybridized carbons (Fsp3) is 0.533. The molecule has 2 rings (SSSR count). The van der Waals surface area contributed by atoms with E-state index in [4.69, 9.17) is 14.2 Å². The summed E-state index contributed by atoms with van der Waals surface area (Å²) in [5.41, 5.74) is 1.14. The number of methoxy groups -OCH3 is 1. The highest BCUT2D eigenvalue weighted by Gasteiger charge is 2.23. The van der Waals surface area contributed by atoms with Crippen LogP contribution >= 0.6 is 0 Å². The molecule has 6 heteroatoms. The second-order valence-corrected chi connectivity index (χ2v) is 4.88. The molecule has 21 heavy (non-hydrogen) atoms. The average molecular weight is 294 g/mol. The first-order valence-corrected chi connectivity index (χ1v) is 7.17. The van der Waals surface area contributed by atoms with Crippen molar-refractivity contribution in [2.24, 2.45) is 0 Å². The third-order valence-corrected chi connectivity index (χ3v) is 3.16. The van der Waals surface area contributed by atoms with Gasteiger partial charge in [-0.1, -0.05) is 13.0 Å². The molecule has 1 unspecified atom stereocenters. The van der Waals surface area contributed by atoms with Gasteiger partial charge in [-0.25, -0.2) is 4.79 Å². The molecule has 1 heterocycles. The van der Waals surface area contributed by atoms with E-state index < -0.39 is 6.09 Å². The molecule has 1 atom stereocenters. The topological polar surface area (TPSA) is 68.8 Å². The van der Waals surface area contributed by atoms with E-state index in [0.29, 0.717) is 24.7 Å². The molecule has 6 nitrogen and oxygen atoms in total. The van der Waals surface area contributed by atoms with Crippen LogP contribution in [-0.2, 0) is 11.3 Å². The lowest BCUT2D eigenvalue weighted by molar-refractivity contribution is 0.103. The van der Waals surface area contributed by atoms with Crippen molar-refractivity contribution in [3.63, 3.8) is 0 Å². The van der Waals surface area contributed by atoms with Crippen molar-refractivity contribution in [3.8, 4) is 11.5 Å². The molecule has 1 aromatic rings. The van der Waals surface area contributed by atoms with Crippen molar-refractivity contribution < 1.29 is 19.0 Å². The van der Waals surface area contributed by atoms with Crippen molar-refractivity contribution in [2.75, 3.05) is 26.8 Å². The minimum atomic E-state index is -0.395. The summed E-state index contributed by atoms with van der Waals surface area (Å²) < 4.78 is 16.1. The number of benzene rings is 1. The molecule has 1 amide bonds. The van der Waals surface area contributed by atoms with Crippen LogP contribution < -0.4 is 20.1 Å². The number of carbonyl (C=O) groups excluding carboxylic acids is 1. The minimum absolute atomic E-state index is 0.256. The summed E-state index contributed by atoms with van der Waals surface area (Å²) in [6, 6.07) is 5.84. The summed E-state index contributed by atoms with van der Waals surface area (Å²) in [5, 5.41) is 5.93. The molecule has 1 aliphatic rings. The molecule has 1 saturated heterocycles. The van der Waals surface area contributed by atoms with Crippen molar-refractivity contribution in [2.45, 2.75) is 26.0 Å². The standard InChI is InChI=1S/C15H22N2O4/c1-3-6-16-8-11-4-5-13(14(7-11)19-2)20-10-12-9-17-15(18)21-12/h4-5,7,12,16H,3,6,8-10H2,1-2H3,(H,17,18). The molecule has 0 radical (unpaired) electrons. The summed E-state index contributed by atoms with van der Waals surface area (Å²) in [4.78, 5) is 10.9. The zero-order valence-electron chi connectivity index (χ0n) is 12.5. The van der Waals surface area contributed by atoms with E-state index in [2.05, 4.69) is 17.6 Å². The highest BCUT2D eigenvalue weighted by Crippen LogP contribution is 2.28. The van der Waals surface area contributed by atoms with Crippen molar-refractivity contribution in [1.82, 2.24) is 10.6 Å². The number of cyclic esters (lactones) is 1. The number of ether oxygens (including phenoxy) is 3. The number of hydrogen-bond donors (Lipinski definition) is 2. The Hall–Kier alpha value is -1.95. The molecule has 0 spiro atoms. The Balaban J connectivity index is 1.91. The molecule has 0 aliphatic carbocycles. The minimum Gasteiger partial charge on any atom is -0.493 e. The highest BCUT2D eigenvalue weighted by atomic mass is 16.6. The molecular formula is C15H22N2O4. The molecule has 1 fully saturated rings. The fourth-order valence-electron chi connectivity index (χ4n) is 2.06. The van der Waals surface area contributed by atoms with Crippen molar-refractivity contribution >= 4 is 6.09 Å². The summed E-state index contributed by atoms with van der Waals surface area (Å²) in [6.07, 6.45) is 0.452. The monoisotopic (exact) mass is 294 g/mol. The molecule has 0 bridgehead atoms. The van der Waals surface area contributed by atoms with E-state index in [1.807, 2.05) is 18.2 Å². The Morgan fingerprint density at radius 2 is 2.29 bits per heavy atom. The first-order valence-electron chi connectivity index (χ1n) is 7.17. The zero-order valence-corrected chi connectivity index (χ0v) is 12.5. The van der Waals surface area contributed by atoms with Gasteiger partial charge in [0, 0.05) is 6.54 Å². The van der Waals surface area contributed by atoms with Crippen molar-refractivity contribution in [1.29, 1.82) is 0 Å². The summed E-state index contributed by atoms with van der Waals surface area (Å²) >= 11 is 0. The largest absolute Gasteiger partial charge is 0.493 e. The Kier molecular flexibility index (Phi) is 5.68. The van der Waals surface area contributed by atoms with Crippen LogP contribution in [0.15, 0.2) is 18.2 Å². The molecule has 116 valence electrons. The SMILES string of the molecule is CCCNCc1ccc(OCC2CNC(=O)O2)c(OC)c1.